The van der Waals surface area contributed by atoms with Gasteiger partial charge in [0.1, 0.15) is 13.2 Å². The number of amides is 1. The number of nitrogens with one attached hydrogen (secondary N) is 1. The molecule has 0 aromatic rings. The second-order valence-corrected chi connectivity index (χ2v) is 20.3. The number of phosphoric ester groups is 1. The van der Waals surface area contributed by atoms with Crippen LogP contribution in [-0.4, -0.2) is 73.4 Å². The SMILES string of the molecule is CC/C=C\C/C=C\C/C=C\C/C=C\CCCCCCC(=O)NC(COP(=O)(O)OCC[N+](C)(C)C)C(O)/C=C/CC/C=C/CCCCCCCCCCCCCCCCCCCCC. The van der Waals surface area contributed by atoms with Gasteiger partial charge in [-0.3, -0.25) is 13.8 Å². The number of aliphatic hydroxyl groups excluding tert-OH is 1. The lowest BCUT2D eigenvalue weighted by Crippen LogP contribution is -2.45. The fraction of sp³-hybridized carbons (Fsp3) is 0.764. The third-order valence-corrected chi connectivity index (χ3v) is 12.4. The van der Waals surface area contributed by atoms with E-state index in [1.165, 1.54) is 122 Å². The first kappa shape index (κ1) is 61.9. The Hall–Kier alpha value is -2.06. The standard InChI is InChI=1S/C55H101N2O6P/c1-6-8-10-12-14-16-18-20-22-24-25-26-27-28-29-30-31-33-34-36-38-40-42-44-46-48-54(58)53(52-63-64(60,61)62-51-50-57(3,4)5)56-55(59)49-47-45-43-41-39-37-35-32-23-21-19-17-15-13-11-9-7-2/h9,11,15,17,21,23,35,37-38,40,46,48,53-54,58H,6-8,10,12-14,16,18-20,22,24-34,36,39,41-45,47,49-52H2,1-5H3,(H-,56,59,60,61)/p+1/b11-9-,17-15-,23-21-,37-35-,40-38+,48-46+. The van der Waals surface area contributed by atoms with E-state index in [1.807, 2.05) is 27.2 Å². The Labute approximate surface area is 395 Å². The summed E-state index contributed by atoms with van der Waals surface area (Å²) >= 11 is 0. The minimum Gasteiger partial charge on any atom is -0.387 e. The van der Waals surface area contributed by atoms with Gasteiger partial charge < -0.3 is 19.8 Å². The summed E-state index contributed by atoms with van der Waals surface area (Å²) in [6.07, 6.45) is 62.9. The summed E-state index contributed by atoms with van der Waals surface area (Å²) in [7, 11) is 1.53. The van der Waals surface area contributed by atoms with Crippen molar-refractivity contribution in [2.24, 2.45) is 0 Å². The zero-order valence-corrected chi connectivity index (χ0v) is 43.1. The van der Waals surface area contributed by atoms with Gasteiger partial charge in [-0.15, -0.1) is 0 Å². The molecule has 0 fully saturated rings. The van der Waals surface area contributed by atoms with E-state index in [9.17, 15) is 19.4 Å². The average molecular weight is 918 g/mol. The molecule has 0 aliphatic rings. The molecular weight excluding hydrogens is 816 g/mol. The van der Waals surface area contributed by atoms with E-state index in [0.717, 1.165) is 77.0 Å². The van der Waals surface area contributed by atoms with Crippen molar-refractivity contribution in [1.82, 2.24) is 5.32 Å². The highest BCUT2D eigenvalue weighted by molar-refractivity contribution is 7.47. The van der Waals surface area contributed by atoms with E-state index in [4.69, 9.17) is 9.05 Å². The molecule has 0 aromatic carbocycles. The minimum atomic E-state index is -4.36. The van der Waals surface area contributed by atoms with E-state index in [1.54, 1.807) is 6.08 Å². The van der Waals surface area contributed by atoms with Crippen molar-refractivity contribution in [1.29, 1.82) is 0 Å². The molecule has 1 amide bonds. The van der Waals surface area contributed by atoms with Crippen LogP contribution in [0.25, 0.3) is 0 Å². The van der Waals surface area contributed by atoms with Crippen molar-refractivity contribution in [3.05, 3.63) is 72.9 Å². The first-order chi connectivity index (χ1) is 31.0. The largest absolute Gasteiger partial charge is 0.472 e. The molecule has 0 bridgehead atoms. The Morgan fingerprint density at radius 2 is 0.953 bits per heavy atom. The number of quaternary nitrogens is 1. The number of aliphatic hydroxyl groups is 1. The van der Waals surface area contributed by atoms with Gasteiger partial charge in [-0.25, -0.2) is 4.57 Å². The molecule has 372 valence electrons. The van der Waals surface area contributed by atoms with E-state index < -0.39 is 20.0 Å². The number of carbonyl (C=O) groups excluding carboxylic acids is 1. The maximum absolute atomic E-state index is 12.9. The summed E-state index contributed by atoms with van der Waals surface area (Å²) in [5, 5.41) is 13.9. The van der Waals surface area contributed by atoms with Gasteiger partial charge in [0.2, 0.25) is 5.91 Å². The van der Waals surface area contributed by atoms with Gasteiger partial charge >= 0.3 is 7.82 Å². The predicted molar refractivity (Wildman–Crippen MR) is 276 cm³/mol. The Balaban J connectivity index is 4.35. The van der Waals surface area contributed by atoms with Crippen LogP contribution in [0.5, 0.6) is 0 Å². The number of hydrogen-bond donors (Lipinski definition) is 3. The normalized spacial score (nSPS) is 14.7. The van der Waals surface area contributed by atoms with Crippen LogP contribution >= 0.6 is 7.82 Å². The van der Waals surface area contributed by atoms with Gasteiger partial charge in [0.25, 0.3) is 0 Å². The molecule has 3 unspecified atom stereocenters. The molecule has 9 heteroatoms. The molecule has 0 spiro atoms. The smallest absolute Gasteiger partial charge is 0.387 e. The highest BCUT2D eigenvalue weighted by atomic mass is 31.2. The maximum Gasteiger partial charge on any atom is 0.472 e. The molecule has 3 N–H and O–H groups in total. The van der Waals surface area contributed by atoms with Gasteiger partial charge in [0.05, 0.1) is 39.9 Å². The minimum absolute atomic E-state index is 0.0477. The highest BCUT2D eigenvalue weighted by Gasteiger charge is 2.27. The number of phosphoric acid groups is 1. The molecule has 8 nitrogen and oxygen atoms in total. The van der Waals surface area contributed by atoms with Crippen LogP contribution in [-0.2, 0) is 18.4 Å². The van der Waals surface area contributed by atoms with Crippen LogP contribution in [0.15, 0.2) is 72.9 Å². The third kappa shape index (κ3) is 47.9. The lowest BCUT2D eigenvalue weighted by Gasteiger charge is -2.25. The summed E-state index contributed by atoms with van der Waals surface area (Å²) in [6, 6.07) is -0.880. The zero-order chi connectivity index (χ0) is 47.1. The molecule has 0 radical (unpaired) electrons. The summed E-state index contributed by atoms with van der Waals surface area (Å²) in [5.41, 5.74) is 0. The monoisotopic (exact) mass is 918 g/mol. The second kappa shape index (κ2) is 46.1. The van der Waals surface area contributed by atoms with Crippen molar-refractivity contribution in [3.63, 3.8) is 0 Å². The van der Waals surface area contributed by atoms with Crippen LogP contribution in [0.4, 0.5) is 0 Å². The van der Waals surface area contributed by atoms with Crippen molar-refractivity contribution < 1.29 is 32.9 Å². The summed E-state index contributed by atoms with van der Waals surface area (Å²) in [5.74, 6) is -0.212. The Bertz CT molecular complexity index is 1270. The van der Waals surface area contributed by atoms with Crippen LogP contribution in [0.2, 0.25) is 0 Å². The zero-order valence-electron chi connectivity index (χ0n) is 42.3. The predicted octanol–water partition coefficient (Wildman–Crippen LogP) is 15.5. The van der Waals surface area contributed by atoms with Crippen LogP contribution in [0.1, 0.15) is 219 Å². The number of likely N-dealkylation sites (N-methyl/N-ethyl adjacent to an activating group) is 1. The van der Waals surface area contributed by atoms with Crippen LogP contribution in [0.3, 0.4) is 0 Å². The second-order valence-electron chi connectivity index (χ2n) is 18.9. The van der Waals surface area contributed by atoms with E-state index in [-0.39, 0.29) is 19.1 Å². The van der Waals surface area contributed by atoms with Crippen LogP contribution in [0, 0.1) is 0 Å². The summed E-state index contributed by atoms with van der Waals surface area (Å²) in [4.78, 5) is 23.2. The summed E-state index contributed by atoms with van der Waals surface area (Å²) in [6.45, 7) is 4.66. The molecule has 64 heavy (non-hydrogen) atoms. The first-order valence-electron chi connectivity index (χ1n) is 26.3. The number of rotatable bonds is 47. The van der Waals surface area contributed by atoms with Gasteiger partial charge in [-0.05, 0) is 70.6 Å². The van der Waals surface area contributed by atoms with Crippen molar-refractivity contribution in [3.8, 4) is 0 Å². The van der Waals surface area contributed by atoms with Crippen LogP contribution < -0.4 is 5.32 Å². The first-order valence-corrected chi connectivity index (χ1v) is 27.8. The Kier molecular flexibility index (Phi) is 44.6. The quantitative estimate of drug-likeness (QED) is 0.0243. The number of allylic oxidation sites excluding steroid dienone is 11. The fourth-order valence-corrected chi connectivity index (χ4v) is 8.02. The molecule has 0 aromatic heterocycles. The third-order valence-electron chi connectivity index (χ3n) is 11.4. The number of nitrogens with zero attached hydrogens (tertiary/aromatic N) is 1. The number of hydrogen-bond acceptors (Lipinski definition) is 5. The van der Waals surface area contributed by atoms with Gasteiger partial charge in [-0.1, -0.05) is 215 Å². The number of unbranched alkanes of at least 4 members (excludes halogenated alkanes) is 24. The summed E-state index contributed by atoms with van der Waals surface area (Å²) < 4.78 is 23.6. The molecule has 0 saturated carbocycles. The number of carbonyl (C=O) groups is 1. The van der Waals surface area contributed by atoms with Gasteiger partial charge in [0.15, 0.2) is 0 Å². The van der Waals surface area contributed by atoms with Crippen molar-refractivity contribution in [2.75, 3.05) is 40.9 Å². The molecule has 0 aliphatic heterocycles. The van der Waals surface area contributed by atoms with E-state index >= 15 is 0 Å². The van der Waals surface area contributed by atoms with E-state index in [0.29, 0.717) is 17.4 Å². The molecule has 0 saturated heterocycles. The molecular formula is C55H102N2O6P+. The van der Waals surface area contributed by atoms with Gasteiger partial charge in [-0.2, -0.15) is 0 Å². The fourth-order valence-electron chi connectivity index (χ4n) is 7.28. The van der Waals surface area contributed by atoms with Gasteiger partial charge in [0, 0.05) is 6.42 Å². The molecule has 0 rings (SSSR count). The Morgan fingerprint density at radius 1 is 0.547 bits per heavy atom. The molecule has 0 aliphatic carbocycles. The lowest BCUT2D eigenvalue weighted by molar-refractivity contribution is -0.870. The Morgan fingerprint density at radius 3 is 1.44 bits per heavy atom. The molecule has 0 heterocycles. The van der Waals surface area contributed by atoms with Crippen molar-refractivity contribution in [2.45, 2.75) is 231 Å². The topological polar surface area (TPSA) is 105 Å². The molecule has 3 atom stereocenters. The van der Waals surface area contributed by atoms with Crippen molar-refractivity contribution >= 4 is 13.7 Å². The maximum atomic E-state index is 12.9. The average Bonchev–Trinajstić information content (AvgIpc) is 3.25. The van der Waals surface area contributed by atoms with E-state index in [2.05, 4.69) is 79.9 Å². The lowest BCUT2D eigenvalue weighted by atomic mass is 10.0. The highest BCUT2D eigenvalue weighted by Crippen LogP contribution is 2.43.